The molecule has 0 radical (unpaired) electrons. The van der Waals surface area contributed by atoms with Gasteiger partial charge in [-0.15, -0.1) is 11.3 Å². The normalized spacial score (nSPS) is 19.2. The summed E-state index contributed by atoms with van der Waals surface area (Å²) >= 11 is 1.80. The molecule has 1 aromatic carbocycles. The van der Waals surface area contributed by atoms with Crippen LogP contribution in [0.5, 0.6) is 0 Å². The number of carbonyl (C=O) groups excluding carboxylic acids is 1. The van der Waals surface area contributed by atoms with Gasteiger partial charge in [0.1, 0.15) is 5.60 Å². The first-order valence-electron chi connectivity index (χ1n) is 8.49. The SMILES string of the molecule is Nc1ccc(CC(=O)N2CCC3(CC2)OCCc2ccsc23)cc1. The maximum atomic E-state index is 12.6. The summed E-state index contributed by atoms with van der Waals surface area (Å²) in [6.07, 6.45) is 3.25. The van der Waals surface area contributed by atoms with Gasteiger partial charge in [0.05, 0.1) is 13.0 Å². The van der Waals surface area contributed by atoms with Gasteiger partial charge in [0.15, 0.2) is 0 Å². The highest BCUT2D eigenvalue weighted by Gasteiger charge is 2.42. The lowest BCUT2D eigenvalue weighted by Crippen LogP contribution is -2.48. The van der Waals surface area contributed by atoms with E-state index in [0.29, 0.717) is 6.42 Å². The summed E-state index contributed by atoms with van der Waals surface area (Å²) in [5.41, 5.74) is 8.73. The zero-order valence-electron chi connectivity index (χ0n) is 13.7. The molecule has 2 N–H and O–H groups in total. The molecular weight excluding hydrogens is 320 g/mol. The number of hydrogen-bond donors (Lipinski definition) is 1. The number of anilines is 1. The molecule has 2 aliphatic rings. The molecule has 2 aliphatic heterocycles. The average Bonchev–Trinajstić information content (AvgIpc) is 3.08. The summed E-state index contributed by atoms with van der Waals surface area (Å²) in [5.74, 6) is 0.192. The highest BCUT2D eigenvalue weighted by molar-refractivity contribution is 7.10. The van der Waals surface area contributed by atoms with Crippen molar-refractivity contribution in [3.63, 3.8) is 0 Å². The van der Waals surface area contributed by atoms with Gasteiger partial charge in [-0.05, 0) is 54.0 Å². The Bertz CT molecular complexity index is 730. The maximum absolute atomic E-state index is 12.6. The van der Waals surface area contributed by atoms with Gasteiger partial charge in [0.25, 0.3) is 0 Å². The lowest BCUT2D eigenvalue weighted by atomic mass is 9.85. The Morgan fingerprint density at radius 1 is 1.21 bits per heavy atom. The third kappa shape index (κ3) is 2.82. The molecule has 0 atom stereocenters. The summed E-state index contributed by atoms with van der Waals surface area (Å²) in [4.78, 5) is 15.9. The highest BCUT2D eigenvalue weighted by atomic mass is 32.1. The molecule has 1 spiro atoms. The Hall–Kier alpha value is -1.85. The Morgan fingerprint density at radius 3 is 2.71 bits per heavy atom. The number of ether oxygens (including phenoxy) is 1. The summed E-state index contributed by atoms with van der Waals surface area (Å²) in [5, 5.41) is 2.17. The first-order chi connectivity index (χ1) is 11.7. The highest BCUT2D eigenvalue weighted by Crippen LogP contribution is 2.44. The number of benzene rings is 1. The molecule has 5 heteroatoms. The van der Waals surface area contributed by atoms with Gasteiger partial charge in [-0.3, -0.25) is 4.79 Å². The van der Waals surface area contributed by atoms with E-state index in [-0.39, 0.29) is 11.5 Å². The van der Waals surface area contributed by atoms with Crippen molar-refractivity contribution in [2.45, 2.75) is 31.3 Å². The molecule has 3 heterocycles. The van der Waals surface area contributed by atoms with E-state index in [1.165, 1.54) is 10.4 Å². The first kappa shape index (κ1) is 15.7. The van der Waals surface area contributed by atoms with E-state index in [2.05, 4.69) is 11.4 Å². The Kier molecular flexibility index (Phi) is 4.06. The minimum Gasteiger partial charge on any atom is -0.399 e. The van der Waals surface area contributed by atoms with E-state index in [4.69, 9.17) is 10.5 Å². The number of fused-ring (bicyclic) bond motifs is 2. The molecule has 1 fully saturated rings. The van der Waals surface area contributed by atoms with E-state index in [1.54, 1.807) is 11.3 Å². The van der Waals surface area contributed by atoms with Crippen molar-refractivity contribution in [3.8, 4) is 0 Å². The van der Waals surface area contributed by atoms with Crippen LogP contribution in [0.25, 0.3) is 0 Å². The van der Waals surface area contributed by atoms with Crippen molar-refractivity contribution < 1.29 is 9.53 Å². The van der Waals surface area contributed by atoms with Crippen molar-refractivity contribution in [2.75, 3.05) is 25.4 Å². The number of amides is 1. The second-order valence-corrected chi connectivity index (χ2v) is 7.58. The quantitative estimate of drug-likeness (QED) is 0.854. The molecule has 2 aromatic rings. The van der Waals surface area contributed by atoms with Crippen molar-refractivity contribution >= 4 is 22.9 Å². The predicted octanol–water partition coefficient (Wildman–Crippen LogP) is 2.96. The lowest BCUT2D eigenvalue weighted by Gasteiger charge is -2.43. The number of likely N-dealkylation sites (tertiary alicyclic amines) is 1. The number of nitrogen functional groups attached to an aromatic ring is 1. The van der Waals surface area contributed by atoms with Crippen LogP contribution >= 0.6 is 11.3 Å². The molecule has 24 heavy (non-hydrogen) atoms. The minimum absolute atomic E-state index is 0.153. The topological polar surface area (TPSA) is 55.6 Å². The van der Waals surface area contributed by atoms with Crippen molar-refractivity contribution in [2.24, 2.45) is 0 Å². The van der Waals surface area contributed by atoms with E-state index in [9.17, 15) is 4.79 Å². The van der Waals surface area contributed by atoms with Crippen molar-refractivity contribution in [1.29, 1.82) is 0 Å². The van der Waals surface area contributed by atoms with Crippen LogP contribution in [0.2, 0.25) is 0 Å². The van der Waals surface area contributed by atoms with Crippen molar-refractivity contribution in [3.05, 3.63) is 51.7 Å². The first-order valence-corrected chi connectivity index (χ1v) is 9.37. The molecule has 1 saturated heterocycles. The van der Waals surface area contributed by atoms with Gasteiger partial charge in [-0.2, -0.15) is 0 Å². The molecule has 4 nitrogen and oxygen atoms in total. The summed E-state index contributed by atoms with van der Waals surface area (Å²) in [7, 11) is 0. The van der Waals surface area contributed by atoms with Gasteiger partial charge in [0, 0.05) is 23.7 Å². The van der Waals surface area contributed by atoms with E-state index < -0.39 is 0 Å². The van der Waals surface area contributed by atoms with Crippen LogP contribution in [0.4, 0.5) is 5.69 Å². The third-order valence-corrected chi connectivity index (χ3v) is 6.31. The summed E-state index contributed by atoms with van der Waals surface area (Å²) in [6, 6.07) is 9.79. The van der Waals surface area contributed by atoms with Gasteiger partial charge in [0.2, 0.25) is 5.91 Å². The summed E-state index contributed by atoms with van der Waals surface area (Å²) < 4.78 is 6.21. The largest absolute Gasteiger partial charge is 0.399 e. The number of nitrogens with zero attached hydrogens (tertiary/aromatic N) is 1. The fourth-order valence-electron chi connectivity index (χ4n) is 3.76. The maximum Gasteiger partial charge on any atom is 0.226 e. The van der Waals surface area contributed by atoms with Gasteiger partial charge < -0.3 is 15.4 Å². The number of thiophene rings is 1. The zero-order chi connectivity index (χ0) is 16.6. The number of carbonyl (C=O) groups is 1. The van der Waals surface area contributed by atoms with Crippen LogP contribution in [0.15, 0.2) is 35.7 Å². The molecule has 1 amide bonds. The molecule has 0 unspecified atom stereocenters. The molecule has 4 rings (SSSR count). The Balaban J connectivity index is 1.41. The molecule has 1 aromatic heterocycles. The zero-order valence-corrected chi connectivity index (χ0v) is 14.5. The van der Waals surface area contributed by atoms with E-state index in [0.717, 1.165) is 50.2 Å². The van der Waals surface area contributed by atoms with Gasteiger partial charge >= 0.3 is 0 Å². The van der Waals surface area contributed by atoms with Crippen LogP contribution in [-0.4, -0.2) is 30.5 Å². The third-order valence-electron chi connectivity index (χ3n) is 5.17. The Labute approximate surface area is 146 Å². The van der Waals surface area contributed by atoms with Crippen LogP contribution in [0.1, 0.15) is 28.8 Å². The minimum atomic E-state index is -0.153. The molecular formula is C19H22N2O2S. The van der Waals surface area contributed by atoms with Crippen molar-refractivity contribution in [1.82, 2.24) is 4.90 Å². The number of hydrogen-bond acceptors (Lipinski definition) is 4. The second-order valence-electron chi connectivity index (χ2n) is 6.67. The summed E-state index contributed by atoms with van der Waals surface area (Å²) in [6.45, 7) is 2.33. The fourth-order valence-corrected chi connectivity index (χ4v) is 4.93. The predicted molar refractivity (Wildman–Crippen MR) is 96.0 cm³/mol. The van der Waals surface area contributed by atoms with Crippen LogP contribution < -0.4 is 5.73 Å². The number of rotatable bonds is 2. The standard InChI is InChI=1S/C19H22N2O2S/c20-16-3-1-14(2-4-16)13-17(22)21-9-7-19(8-10-21)18-15(5-11-23-19)6-12-24-18/h1-4,6,12H,5,7-11,13,20H2. The smallest absolute Gasteiger partial charge is 0.226 e. The van der Waals surface area contributed by atoms with Crippen LogP contribution in [0.3, 0.4) is 0 Å². The number of piperidine rings is 1. The monoisotopic (exact) mass is 342 g/mol. The van der Waals surface area contributed by atoms with Crippen LogP contribution in [0, 0.1) is 0 Å². The fraction of sp³-hybridized carbons (Fsp3) is 0.421. The molecule has 0 saturated carbocycles. The van der Waals surface area contributed by atoms with E-state index >= 15 is 0 Å². The molecule has 0 aliphatic carbocycles. The Morgan fingerprint density at radius 2 is 1.96 bits per heavy atom. The van der Waals surface area contributed by atoms with Crippen LogP contribution in [-0.2, 0) is 28.0 Å². The molecule has 126 valence electrons. The van der Waals surface area contributed by atoms with Gasteiger partial charge in [-0.1, -0.05) is 12.1 Å². The molecule has 0 bridgehead atoms. The number of nitrogens with two attached hydrogens (primary N) is 1. The average molecular weight is 342 g/mol. The van der Waals surface area contributed by atoms with E-state index in [1.807, 2.05) is 29.2 Å². The lowest BCUT2D eigenvalue weighted by molar-refractivity contribution is -0.139. The van der Waals surface area contributed by atoms with Gasteiger partial charge in [-0.25, -0.2) is 0 Å². The second kappa shape index (κ2) is 6.22.